The predicted octanol–water partition coefficient (Wildman–Crippen LogP) is 4.55. The van der Waals surface area contributed by atoms with Crippen molar-refractivity contribution >= 4 is 27.3 Å². The SMILES string of the molecule is O=c1[nH][nH]c(-c2ccccc2)c1N=Nc1ccccc1Br. The molecule has 5 nitrogen and oxygen atoms in total. The molecule has 0 unspecified atom stereocenters. The summed E-state index contributed by atoms with van der Waals surface area (Å²) in [5.41, 5.74) is 2.12. The van der Waals surface area contributed by atoms with Gasteiger partial charge in [-0.25, -0.2) is 0 Å². The van der Waals surface area contributed by atoms with Gasteiger partial charge in [-0.2, -0.15) is 0 Å². The van der Waals surface area contributed by atoms with Gasteiger partial charge in [-0.05, 0) is 28.1 Å². The molecule has 0 spiro atoms. The molecule has 0 bridgehead atoms. The predicted molar refractivity (Wildman–Crippen MR) is 85.2 cm³/mol. The topological polar surface area (TPSA) is 73.4 Å². The summed E-state index contributed by atoms with van der Waals surface area (Å²) in [6.45, 7) is 0. The van der Waals surface area contributed by atoms with Crippen molar-refractivity contribution in [2.24, 2.45) is 10.2 Å². The van der Waals surface area contributed by atoms with E-state index in [2.05, 4.69) is 36.4 Å². The number of rotatable bonds is 3. The number of nitrogens with zero attached hydrogens (tertiary/aromatic N) is 2. The molecule has 0 fully saturated rings. The third-order valence-corrected chi connectivity index (χ3v) is 3.60. The summed E-state index contributed by atoms with van der Waals surface area (Å²) in [6, 6.07) is 16.9. The number of halogens is 1. The van der Waals surface area contributed by atoms with Gasteiger partial charge in [0.25, 0.3) is 5.56 Å². The second-order valence-corrected chi connectivity index (χ2v) is 5.17. The Hall–Kier alpha value is -2.47. The zero-order valence-corrected chi connectivity index (χ0v) is 12.5. The zero-order valence-electron chi connectivity index (χ0n) is 10.9. The lowest BCUT2D eigenvalue weighted by Crippen LogP contribution is -1.96. The second kappa shape index (κ2) is 5.88. The van der Waals surface area contributed by atoms with E-state index in [4.69, 9.17) is 0 Å². The van der Waals surface area contributed by atoms with Gasteiger partial charge < -0.3 is 0 Å². The number of hydrogen-bond acceptors (Lipinski definition) is 3. The molecule has 2 N–H and O–H groups in total. The molecule has 2 aromatic carbocycles. The van der Waals surface area contributed by atoms with Crippen molar-refractivity contribution in [1.29, 1.82) is 0 Å². The summed E-state index contributed by atoms with van der Waals surface area (Å²) < 4.78 is 0.821. The van der Waals surface area contributed by atoms with Gasteiger partial charge in [0.1, 0.15) is 0 Å². The van der Waals surface area contributed by atoms with Crippen LogP contribution in [-0.2, 0) is 0 Å². The Balaban J connectivity index is 2.02. The van der Waals surface area contributed by atoms with Crippen LogP contribution in [0.25, 0.3) is 11.3 Å². The van der Waals surface area contributed by atoms with Crippen LogP contribution >= 0.6 is 15.9 Å². The van der Waals surface area contributed by atoms with Crippen molar-refractivity contribution in [3.63, 3.8) is 0 Å². The number of hydrogen-bond donors (Lipinski definition) is 2. The number of nitrogens with one attached hydrogen (secondary N) is 2. The normalized spacial score (nSPS) is 11.1. The molecule has 0 aliphatic rings. The minimum atomic E-state index is -0.301. The molecule has 1 heterocycles. The maximum absolute atomic E-state index is 11.9. The summed E-state index contributed by atoms with van der Waals surface area (Å²) in [7, 11) is 0. The standard InChI is InChI=1S/C15H11BrN4O/c16-11-8-4-5-9-12(11)17-19-14-13(18-20-15(14)21)10-6-2-1-3-7-10/h1-9H,(H2,18,20,21). The molecule has 3 aromatic rings. The smallest absolute Gasteiger partial charge is 0.292 e. The molecule has 104 valence electrons. The molecule has 0 aliphatic carbocycles. The van der Waals surface area contributed by atoms with Gasteiger partial charge in [-0.1, -0.05) is 42.5 Å². The fourth-order valence-corrected chi connectivity index (χ4v) is 2.26. The van der Waals surface area contributed by atoms with E-state index < -0.39 is 0 Å². The van der Waals surface area contributed by atoms with Crippen LogP contribution in [0.1, 0.15) is 0 Å². The number of H-pyrrole nitrogens is 2. The van der Waals surface area contributed by atoms with Crippen molar-refractivity contribution in [3.8, 4) is 11.3 Å². The minimum Gasteiger partial charge on any atom is -0.295 e. The molecule has 1 aromatic heterocycles. The fourth-order valence-electron chi connectivity index (χ4n) is 1.90. The van der Waals surface area contributed by atoms with Crippen molar-refractivity contribution in [1.82, 2.24) is 10.2 Å². The van der Waals surface area contributed by atoms with Gasteiger partial charge in [0.2, 0.25) is 0 Å². The lowest BCUT2D eigenvalue weighted by Gasteiger charge is -1.98. The third kappa shape index (κ3) is 2.85. The molecule has 0 amide bonds. The second-order valence-electron chi connectivity index (χ2n) is 4.32. The van der Waals surface area contributed by atoms with Gasteiger partial charge in [0, 0.05) is 10.0 Å². The molecule has 0 saturated carbocycles. The van der Waals surface area contributed by atoms with E-state index in [-0.39, 0.29) is 11.2 Å². The van der Waals surface area contributed by atoms with E-state index in [0.29, 0.717) is 11.4 Å². The van der Waals surface area contributed by atoms with E-state index in [1.54, 1.807) is 0 Å². The van der Waals surface area contributed by atoms with Crippen LogP contribution in [-0.4, -0.2) is 10.2 Å². The van der Waals surface area contributed by atoms with E-state index in [1.165, 1.54) is 0 Å². The lowest BCUT2D eigenvalue weighted by molar-refractivity contribution is 1.06. The van der Waals surface area contributed by atoms with Crippen LogP contribution in [0.2, 0.25) is 0 Å². The number of aromatic nitrogens is 2. The average Bonchev–Trinajstić information content (AvgIpc) is 2.88. The fraction of sp³-hybridized carbons (Fsp3) is 0. The van der Waals surface area contributed by atoms with E-state index in [0.717, 1.165) is 10.0 Å². The van der Waals surface area contributed by atoms with Crippen LogP contribution in [0, 0.1) is 0 Å². The van der Waals surface area contributed by atoms with Crippen molar-refractivity contribution in [2.75, 3.05) is 0 Å². The summed E-state index contributed by atoms with van der Waals surface area (Å²) in [6.07, 6.45) is 0. The van der Waals surface area contributed by atoms with Gasteiger partial charge >= 0.3 is 0 Å². The zero-order chi connectivity index (χ0) is 14.7. The van der Waals surface area contributed by atoms with E-state index >= 15 is 0 Å². The van der Waals surface area contributed by atoms with Crippen LogP contribution in [0.15, 0.2) is 74.1 Å². The Bertz CT molecular complexity index is 836. The maximum Gasteiger partial charge on any atom is 0.292 e. The van der Waals surface area contributed by atoms with Crippen molar-refractivity contribution in [2.45, 2.75) is 0 Å². The van der Waals surface area contributed by atoms with Gasteiger partial charge in [-0.3, -0.25) is 15.0 Å². The lowest BCUT2D eigenvalue weighted by atomic mass is 10.1. The average molecular weight is 343 g/mol. The number of aromatic amines is 2. The monoisotopic (exact) mass is 342 g/mol. The highest BCUT2D eigenvalue weighted by Gasteiger charge is 2.11. The Labute approximate surface area is 128 Å². The molecular weight excluding hydrogens is 332 g/mol. The Morgan fingerprint density at radius 2 is 1.57 bits per heavy atom. The van der Waals surface area contributed by atoms with Gasteiger partial charge in [-0.15, -0.1) is 10.2 Å². The maximum atomic E-state index is 11.9. The van der Waals surface area contributed by atoms with Gasteiger partial charge in [0.05, 0.1) is 11.4 Å². The van der Waals surface area contributed by atoms with Gasteiger partial charge in [0.15, 0.2) is 5.69 Å². The third-order valence-electron chi connectivity index (χ3n) is 2.93. The van der Waals surface area contributed by atoms with Crippen LogP contribution < -0.4 is 5.56 Å². The van der Waals surface area contributed by atoms with Crippen molar-refractivity contribution < 1.29 is 0 Å². The molecule has 0 aliphatic heterocycles. The summed E-state index contributed by atoms with van der Waals surface area (Å²) in [5, 5.41) is 13.6. The van der Waals surface area contributed by atoms with E-state index in [1.807, 2.05) is 54.6 Å². The van der Waals surface area contributed by atoms with Crippen molar-refractivity contribution in [3.05, 3.63) is 69.4 Å². The largest absolute Gasteiger partial charge is 0.295 e. The Morgan fingerprint density at radius 3 is 2.33 bits per heavy atom. The first kappa shape index (κ1) is 13.5. The van der Waals surface area contributed by atoms with Crippen LogP contribution in [0.5, 0.6) is 0 Å². The Morgan fingerprint density at radius 1 is 0.857 bits per heavy atom. The summed E-state index contributed by atoms with van der Waals surface area (Å²) in [5.74, 6) is 0. The molecular formula is C15H11BrN4O. The Kier molecular flexibility index (Phi) is 3.79. The first-order chi connectivity index (χ1) is 10.3. The quantitative estimate of drug-likeness (QED) is 0.673. The van der Waals surface area contributed by atoms with Crippen LogP contribution in [0.3, 0.4) is 0 Å². The summed E-state index contributed by atoms with van der Waals surface area (Å²) in [4.78, 5) is 11.9. The molecule has 3 rings (SSSR count). The first-order valence-corrected chi connectivity index (χ1v) is 7.07. The molecule has 0 atom stereocenters. The molecule has 6 heteroatoms. The number of azo groups is 1. The first-order valence-electron chi connectivity index (χ1n) is 6.28. The highest BCUT2D eigenvalue weighted by molar-refractivity contribution is 9.10. The molecule has 0 saturated heterocycles. The highest BCUT2D eigenvalue weighted by atomic mass is 79.9. The van der Waals surface area contributed by atoms with Crippen LogP contribution in [0.4, 0.5) is 11.4 Å². The summed E-state index contributed by atoms with van der Waals surface area (Å²) >= 11 is 3.40. The number of benzene rings is 2. The molecule has 21 heavy (non-hydrogen) atoms. The molecule has 0 radical (unpaired) electrons. The highest BCUT2D eigenvalue weighted by Crippen LogP contribution is 2.29. The van der Waals surface area contributed by atoms with E-state index in [9.17, 15) is 4.79 Å². The minimum absolute atomic E-state index is 0.261.